The zero-order chi connectivity index (χ0) is 21.3. The maximum Gasteiger partial charge on any atom is 0.416 e. The summed E-state index contributed by atoms with van der Waals surface area (Å²) in [5.74, 6) is -0.343. The Morgan fingerprint density at radius 1 is 1.10 bits per heavy atom. The van der Waals surface area contributed by atoms with Gasteiger partial charge in [0.25, 0.3) is 11.5 Å². The Labute approximate surface area is 174 Å². The van der Waals surface area contributed by atoms with E-state index in [2.05, 4.69) is 9.88 Å². The Morgan fingerprint density at radius 3 is 2.60 bits per heavy atom. The average Bonchev–Trinajstić information content (AvgIpc) is 3.08. The highest BCUT2D eigenvalue weighted by atomic mass is 32.1. The van der Waals surface area contributed by atoms with E-state index in [0.29, 0.717) is 44.1 Å². The standard InChI is InChI=1S/C20H19F3N4O2S/c21-20(22,23)15-4-2-14(3-5-15)13-25-6-1-7-26(9-8-25)17(28)16-12-24-19-27(18(16)29)10-11-30-19/h2-5,10-12H,1,6-9,13H2. The molecule has 0 spiro atoms. The molecule has 30 heavy (non-hydrogen) atoms. The number of fused-ring (bicyclic) bond motifs is 1. The Kier molecular flexibility index (Phi) is 5.61. The first-order valence-corrected chi connectivity index (χ1v) is 10.3. The van der Waals surface area contributed by atoms with Crippen molar-refractivity contribution in [3.05, 3.63) is 69.1 Å². The summed E-state index contributed by atoms with van der Waals surface area (Å²) in [7, 11) is 0. The molecular weight excluding hydrogens is 417 g/mol. The van der Waals surface area contributed by atoms with E-state index in [1.165, 1.54) is 34.1 Å². The second-order valence-electron chi connectivity index (χ2n) is 7.15. The van der Waals surface area contributed by atoms with E-state index in [1.54, 1.807) is 16.5 Å². The number of thiazole rings is 1. The molecule has 0 saturated carbocycles. The van der Waals surface area contributed by atoms with Gasteiger partial charge in [-0.1, -0.05) is 12.1 Å². The third-order valence-electron chi connectivity index (χ3n) is 5.14. The molecule has 3 aromatic rings. The summed E-state index contributed by atoms with van der Waals surface area (Å²) in [6.07, 6.45) is -0.703. The number of hydrogen-bond donors (Lipinski definition) is 0. The number of rotatable bonds is 3. The lowest BCUT2D eigenvalue weighted by molar-refractivity contribution is -0.137. The lowest BCUT2D eigenvalue weighted by Crippen LogP contribution is -2.38. The second-order valence-corrected chi connectivity index (χ2v) is 8.02. The normalized spacial score (nSPS) is 16.0. The van der Waals surface area contributed by atoms with E-state index in [0.717, 1.165) is 17.7 Å². The van der Waals surface area contributed by atoms with Gasteiger partial charge >= 0.3 is 6.18 Å². The predicted molar refractivity (Wildman–Crippen MR) is 107 cm³/mol. The molecule has 0 atom stereocenters. The third kappa shape index (κ3) is 4.24. The number of hydrogen-bond acceptors (Lipinski definition) is 5. The molecular formula is C20H19F3N4O2S. The topological polar surface area (TPSA) is 57.9 Å². The summed E-state index contributed by atoms with van der Waals surface area (Å²) in [6, 6.07) is 5.15. The molecule has 10 heteroatoms. The van der Waals surface area contributed by atoms with Crippen LogP contribution in [0.2, 0.25) is 0 Å². The number of carbonyl (C=O) groups excluding carboxylic acids is 1. The van der Waals surface area contributed by atoms with Crippen LogP contribution in [-0.2, 0) is 12.7 Å². The lowest BCUT2D eigenvalue weighted by atomic mass is 10.1. The van der Waals surface area contributed by atoms with Crippen molar-refractivity contribution in [1.82, 2.24) is 19.2 Å². The summed E-state index contributed by atoms with van der Waals surface area (Å²) < 4.78 is 39.5. The first kappa shape index (κ1) is 20.5. The molecule has 158 valence electrons. The van der Waals surface area contributed by atoms with Crippen molar-refractivity contribution >= 4 is 22.2 Å². The van der Waals surface area contributed by atoms with Gasteiger partial charge in [0.05, 0.1) is 5.56 Å². The molecule has 1 aliphatic heterocycles. The van der Waals surface area contributed by atoms with Crippen molar-refractivity contribution in [2.24, 2.45) is 0 Å². The van der Waals surface area contributed by atoms with Gasteiger partial charge in [-0.25, -0.2) is 4.98 Å². The molecule has 1 aliphatic rings. The monoisotopic (exact) mass is 436 g/mol. The number of amides is 1. The van der Waals surface area contributed by atoms with Crippen molar-refractivity contribution < 1.29 is 18.0 Å². The molecule has 0 N–H and O–H groups in total. The number of carbonyl (C=O) groups is 1. The Hall–Kier alpha value is -2.72. The maximum absolute atomic E-state index is 12.9. The molecule has 0 radical (unpaired) electrons. The SMILES string of the molecule is O=C(c1cnc2sccn2c1=O)N1CCCN(Cc2ccc(C(F)(F)F)cc2)CC1. The Balaban J connectivity index is 1.41. The van der Waals surface area contributed by atoms with Gasteiger partial charge in [-0.05, 0) is 24.1 Å². The average molecular weight is 436 g/mol. The molecule has 3 heterocycles. The van der Waals surface area contributed by atoms with E-state index in [4.69, 9.17) is 0 Å². The van der Waals surface area contributed by atoms with Crippen LogP contribution in [-0.4, -0.2) is 51.3 Å². The van der Waals surface area contributed by atoms with E-state index in [-0.39, 0.29) is 17.0 Å². The number of alkyl halides is 3. The van der Waals surface area contributed by atoms with Crippen molar-refractivity contribution in [3.8, 4) is 0 Å². The van der Waals surface area contributed by atoms with Crippen LogP contribution in [0, 0.1) is 0 Å². The highest BCUT2D eigenvalue weighted by Crippen LogP contribution is 2.29. The lowest BCUT2D eigenvalue weighted by Gasteiger charge is -2.22. The minimum Gasteiger partial charge on any atom is -0.337 e. The van der Waals surface area contributed by atoms with Crippen molar-refractivity contribution in [3.63, 3.8) is 0 Å². The van der Waals surface area contributed by atoms with Crippen LogP contribution in [0.15, 0.2) is 46.8 Å². The maximum atomic E-state index is 12.9. The predicted octanol–water partition coefficient (Wildman–Crippen LogP) is 3.12. The Morgan fingerprint density at radius 2 is 1.87 bits per heavy atom. The smallest absolute Gasteiger partial charge is 0.337 e. The van der Waals surface area contributed by atoms with Crippen LogP contribution >= 0.6 is 11.3 Å². The highest BCUT2D eigenvalue weighted by Gasteiger charge is 2.30. The van der Waals surface area contributed by atoms with Gasteiger partial charge in [-0.2, -0.15) is 13.2 Å². The van der Waals surface area contributed by atoms with Crippen LogP contribution in [0.1, 0.15) is 27.9 Å². The van der Waals surface area contributed by atoms with Gasteiger partial charge in [0.2, 0.25) is 0 Å². The Bertz CT molecular complexity index is 1110. The molecule has 1 aromatic carbocycles. The zero-order valence-electron chi connectivity index (χ0n) is 15.9. The second kappa shape index (κ2) is 8.19. The van der Waals surface area contributed by atoms with Crippen LogP contribution in [0.3, 0.4) is 0 Å². The van der Waals surface area contributed by atoms with Gasteiger partial charge in [0, 0.05) is 50.5 Å². The largest absolute Gasteiger partial charge is 0.416 e. The summed E-state index contributed by atoms with van der Waals surface area (Å²) >= 11 is 1.32. The summed E-state index contributed by atoms with van der Waals surface area (Å²) in [5, 5.41) is 1.74. The first-order chi connectivity index (χ1) is 14.3. The van der Waals surface area contributed by atoms with Gasteiger partial charge in [0.15, 0.2) is 4.96 Å². The minimum atomic E-state index is -4.35. The number of benzene rings is 1. The highest BCUT2D eigenvalue weighted by molar-refractivity contribution is 7.15. The quantitative estimate of drug-likeness (QED) is 0.633. The van der Waals surface area contributed by atoms with Gasteiger partial charge < -0.3 is 4.90 Å². The van der Waals surface area contributed by atoms with E-state index >= 15 is 0 Å². The third-order valence-corrected chi connectivity index (χ3v) is 5.91. The van der Waals surface area contributed by atoms with Crippen LogP contribution in [0.4, 0.5) is 13.2 Å². The number of aromatic nitrogens is 2. The molecule has 1 fully saturated rings. The number of halogens is 3. The molecule has 0 unspecified atom stereocenters. The van der Waals surface area contributed by atoms with Crippen molar-refractivity contribution in [2.45, 2.75) is 19.1 Å². The fourth-order valence-electron chi connectivity index (χ4n) is 3.53. The fraction of sp³-hybridized carbons (Fsp3) is 0.350. The van der Waals surface area contributed by atoms with Gasteiger partial charge in [-0.15, -0.1) is 11.3 Å². The summed E-state index contributed by atoms with van der Waals surface area (Å²) in [5.41, 5.74) is -0.214. The van der Waals surface area contributed by atoms with E-state index in [9.17, 15) is 22.8 Å². The molecule has 1 saturated heterocycles. The fourth-order valence-corrected chi connectivity index (χ4v) is 4.21. The van der Waals surface area contributed by atoms with Crippen LogP contribution in [0.5, 0.6) is 0 Å². The van der Waals surface area contributed by atoms with Crippen LogP contribution < -0.4 is 5.56 Å². The molecule has 0 aliphatic carbocycles. The summed E-state index contributed by atoms with van der Waals surface area (Å²) in [6.45, 7) is 2.73. The molecule has 4 rings (SSSR count). The van der Waals surface area contributed by atoms with Gasteiger partial charge in [-0.3, -0.25) is 18.9 Å². The van der Waals surface area contributed by atoms with Crippen LogP contribution in [0.25, 0.3) is 4.96 Å². The molecule has 0 bridgehead atoms. The molecule has 1 amide bonds. The van der Waals surface area contributed by atoms with E-state index < -0.39 is 11.7 Å². The number of nitrogens with zero attached hydrogens (tertiary/aromatic N) is 4. The molecule has 2 aromatic heterocycles. The zero-order valence-corrected chi connectivity index (χ0v) is 16.7. The van der Waals surface area contributed by atoms with Crippen molar-refractivity contribution in [2.75, 3.05) is 26.2 Å². The molecule has 6 nitrogen and oxygen atoms in total. The van der Waals surface area contributed by atoms with E-state index in [1.807, 2.05) is 0 Å². The summed E-state index contributed by atoms with van der Waals surface area (Å²) in [4.78, 5) is 33.9. The first-order valence-electron chi connectivity index (χ1n) is 9.45. The van der Waals surface area contributed by atoms with Crippen molar-refractivity contribution in [1.29, 1.82) is 0 Å². The van der Waals surface area contributed by atoms with Gasteiger partial charge in [0.1, 0.15) is 5.56 Å². The minimum absolute atomic E-state index is 0.0436.